The molecule has 9 unspecified atom stereocenters. The maximum absolute atomic E-state index is 2.93. The monoisotopic (exact) mass is 655 g/mol. The molecule has 4 aliphatic rings. The van der Waals surface area contributed by atoms with Crippen LogP contribution < -0.4 is 0 Å². The van der Waals surface area contributed by atoms with Crippen molar-refractivity contribution < 1.29 is 0 Å². The number of hydrogen-bond acceptors (Lipinski definition) is 0. The van der Waals surface area contributed by atoms with E-state index in [0.717, 1.165) is 46.6 Å². The number of fused-ring (bicyclic) bond motifs is 2. The molecule has 0 heterocycles. The van der Waals surface area contributed by atoms with Crippen molar-refractivity contribution in [3.05, 3.63) is 70.8 Å². The molecule has 46 heavy (non-hydrogen) atoms. The molecular weight excluding hydrogens is 585 g/mol. The van der Waals surface area contributed by atoms with Gasteiger partial charge >= 0.3 is 0 Å². The molecule has 9 atom stereocenters. The summed E-state index contributed by atoms with van der Waals surface area (Å²) in [6.07, 6.45) is 15.1. The van der Waals surface area contributed by atoms with Crippen molar-refractivity contribution in [3.8, 4) is 0 Å². The maximum Gasteiger partial charge on any atom is 0.0448 e. The van der Waals surface area contributed by atoms with Crippen molar-refractivity contribution in [3.63, 3.8) is 0 Å². The summed E-state index contributed by atoms with van der Waals surface area (Å²) in [5.41, 5.74) is 8.93. The van der Waals surface area contributed by atoms with Gasteiger partial charge in [0.15, 0.2) is 0 Å². The van der Waals surface area contributed by atoms with E-state index >= 15 is 0 Å². The minimum Gasteiger partial charge on any atom is -0.0711 e. The minimum absolute atomic E-state index is 0.194. The second kappa shape index (κ2) is 12.6. The second-order valence-electron chi connectivity index (χ2n) is 20.3. The second-order valence-corrected chi connectivity index (χ2v) is 36.5. The van der Waals surface area contributed by atoms with Gasteiger partial charge in [0.05, 0.1) is 0 Å². The largest absolute Gasteiger partial charge is 0.0711 e. The van der Waals surface area contributed by atoms with Gasteiger partial charge in [-0.2, -0.15) is 0 Å². The Morgan fingerprint density at radius 2 is 1.33 bits per heavy atom. The van der Waals surface area contributed by atoms with E-state index in [4.69, 9.17) is 0 Å². The molecule has 0 aliphatic heterocycles. The average Bonchev–Trinajstić information content (AvgIpc) is 3.75. The Labute approximate surface area is 287 Å². The van der Waals surface area contributed by atoms with E-state index in [1.54, 1.807) is 35.1 Å². The fourth-order valence-corrected chi connectivity index (χ4v) is 25.9. The Hall–Kier alpha value is -1.13. The Balaban J connectivity index is 1.25. The normalized spacial score (nSPS) is 32.8. The first-order valence-corrected chi connectivity index (χ1v) is 26.8. The first kappa shape index (κ1) is 34.7. The molecule has 0 amide bonds. The molecule has 254 valence electrons. The molecular formula is C44H70Si2. The van der Waals surface area contributed by atoms with E-state index in [-0.39, 0.29) is 10.8 Å². The zero-order valence-corrected chi connectivity index (χ0v) is 33.9. The van der Waals surface area contributed by atoms with Crippen LogP contribution in [0.5, 0.6) is 0 Å². The Morgan fingerprint density at radius 1 is 0.674 bits per heavy atom. The van der Waals surface area contributed by atoms with Crippen LogP contribution in [0.2, 0.25) is 37.3 Å². The third-order valence-corrected chi connectivity index (χ3v) is 36.1. The fourth-order valence-electron chi connectivity index (χ4n) is 11.8. The van der Waals surface area contributed by atoms with Crippen LogP contribution in [0.1, 0.15) is 147 Å². The van der Waals surface area contributed by atoms with Gasteiger partial charge in [0.2, 0.25) is 0 Å². The van der Waals surface area contributed by atoms with Crippen LogP contribution in [0.3, 0.4) is 0 Å². The van der Waals surface area contributed by atoms with E-state index in [2.05, 4.69) is 123 Å². The summed E-state index contributed by atoms with van der Waals surface area (Å²) in [5, 5.41) is 0. The summed E-state index contributed by atoms with van der Waals surface area (Å²) < 4.78 is 0. The fraction of sp³-hybridized carbons (Fsp3) is 0.727. The molecule has 0 aromatic heterocycles. The van der Waals surface area contributed by atoms with Crippen LogP contribution in [0.15, 0.2) is 48.5 Å². The lowest BCUT2D eigenvalue weighted by molar-refractivity contribution is 0.121. The summed E-state index contributed by atoms with van der Waals surface area (Å²) in [7, 11) is -2.80. The van der Waals surface area contributed by atoms with Gasteiger partial charge in [-0.25, -0.2) is 0 Å². The van der Waals surface area contributed by atoms with E-state index < -0.39 is 15.2 Å². The number of benzene rings is 2. The molecule has 4 aliphatic carbocycles. The minimum atomic E-state index is -1.42. The zero-order valence-electron chi connectivity index (χ0n) is 31.9. The average molecular weight is 655 g/mol. The topological polar surface area (TPSA) is 0 Å². The van der Waals surface area contributed by atoms with Crippen LogP contribution in [-0.2, 0) is 10.8 Å². The van der Waals surface area contributed by atoms with Crippen LogP contribution in [0.25, 0.3) is 0 Å². The molecule has 0 bridgehead atoms. The van der Waals surface area contributed by atoms with Gasteiger partial charge in [-0.1, -0.05) is 162 Å². The van der Waals surface area contributed by atoms with E-state index in [0.29, 0.717) is 5.92 Å². The van der Waals surface area contributed by atoms with Gasteiger partial charge in [-0.3, -0.25) is 0 Å². The molecule has 0 spiro atoms. The van der Waals surface area contributed by atoms with Crippen molar-refractivity contribution in [1.82, 2.24) is 0 Å². The third kappa shape index (κ3) is 6.46. The highest BCUT2D eigenvalue weighted by molar-refractivity contribution is 7.41. The van der Waals surface area contributed by atoms with Gasteiger partial charge in [0.1, 0.15) is 0 Å². The molecule has 6 rings (SSSR count). The molecule has 2 aromatic carbocycles. The van der Waals surface area contributed by atoms with Gasteiger partial charge in [0, 0.05) is 15.2 Å². The van der Waals surface area contributed by atoms with Crippen molar-refractivity contribution in [1.29, 1.82) is 0 Å². The van der Waals surface area contributed by atoms with Crippen LogP contribution in [-0.4, -0.2) is 15.2 Å². The maximum atomic E-state index is 2.93. The van der Waals surface area contributed by atoms with Crippen LogP contribution >= 0.6 is 0 Å². The molecule has 4 fully saturated rings. The number of hydrogen-bond donors (Lipinski definition) is 0. The zero-order chi connectivity index (χ0) is 33.2. The summed E-state index contributed by atoms with van der Waals surface area (Å²) >= 11 is 0. The van der Waals surface area contributed by atoms with Gasteiger partial charge < -0.3 is 0 Å². The molecule has 0 N–H and O–H groups in total. The van der Waals surface area contributed by atoms with Crippen molar-refractivity contribution in [2.45, 2.75) is 173 Å². The highest BCUT2D eigenvalue weighted by Gasteiger charge is 2.59. The third-order valence-electron chi connectivity index (χ3n) is 15.4. The van der Waals surface area contributed by atoms with Gasteiger partial charge in [-0.15, -0.1) is 0 Å². The molecule has 2 aromatic rings. The van der Waals surface area contributed by atoms with Gasteiger partial charge in [-0.05, 0) is 111 Å². The molecule has 2 heteroatoms. The van der Waals surface area contributed by atoms with E-state index in [1.165, 1.54) is 51.4 Å². The highest BCUT2D eigenvalue weighted by Crippen LogP contribution is 2.65. The summed E-state index contributed by atoms with van der Waals surface area (Å²) in [6.45, 7) is 28.8. The van der Waals surface area contributed by atoms with E-state index in [1.807, 2.05) is 0 Å². The first-order valence-electron chi connectivity index (χ1n) is 19.7. The van der Waals surface area contributed by atoms with Crippen LogP contribution in [0, 0.1) is 29.6 Å². The first-order chi connectivity index (χ1) is 21.5. The van der Waals surface area contributed by atoms with Crippen molar-refractivity contribution in [2.75, 3.05) is 0 Å². The predicted octanol–water partition coefficient (Wildman–Crippen LogP) is 13.4. The Morgan fingerprint density at radius 3 is 1.96 bits per heavy atom. The van der Waals surface area contributed by atoms with Gasteiger partial charge in [0.25, 0.3) is 0 Å². The van der Waals surface area contributed by atoms with Crippen molar-refractivity contribution in [2.24, 2.45) is 29.6 Å². The number of rotatable bonds is 7. The Bertz CT molecular complexity index is 1310. The molecule has 0 saturated heterocycles. The highest BCUT2D eigenvalue weighted by atomic mass is 29.3. The lowest BCUT2D eigenvalue weighted by atomic mass is 9.61. The molecule has 0 radical (unpaired) electrons. The SMILES string of the molecule is CC(CC1CCC([Si](C)(C)[Si](C)(C)C2CCC3C2CC2CCCC2C3c2cc(C(C)(C)C)cc(C(C)(C)C)c2)C1)c1ccccc1. The summed E-state index contributed by atoms with van der Waals surface area (Å²) in [5.74, 6) is 6.26. The lowest BCUT2D eigenvalue weighted by Gasteiger charge is -2.52. The quantitative estimate of drug-likeness (QED) is 0.261. The smallest absolute Gasteiger partial charge is 0.0448 e. The van der Waals surface area contributed by atoms with Crippen molar-refractivity contribution >= 4 is 15.2 Å². The Kier molecular flexibility index (Phi) is 9.54. The summed E-state index contributed by atoms with van der Waals surface area (Å²) in [4.78, 5) is 0. The molecule has 4 saturated carbocycles. The molecule has 0 nitrogen and oxygen atoms in total. The van der Waals surface area contributed by atoms with E-state index in [9.17, 15) is 0 Å². The lowest BCUT2D eigenvalue weighted by Crippen LogP contribution is -2.61. The van der Waals surface area contributed by atoms with Crippen LogP contribution in [0.4, 0.5) is 0 Å². The standard InChI is InChI=1S/C44H70Si2/c1-30(32-16-13-12-14-17-32)24-31-20-21-37(25-31)45(8,9)46(10,11)41-23-22-39-40(41)28-33-18-15-19-38(33)42(39)34-26-35(43(2,3)4)29-36(27-34)44(5,6)7/h12-14,16-17,26-27,29-31,33,37-42H,15,18-25,28H2,1-11H3. The predicted molar refractivity (Wildman–Crippen MR) is 208 cm³/mol. The summed E-state index contributed by atoms with van der Waals surface area (Å²) in [6, 6.07) is 19.3.